The van der Waals surface area contributed by atoms with Crippen molar-refractivity contribution in [3.05, 3.63) is 60.5 Å². The van der Waals surface area contributed by atoms with Gasteiger partial charge in [0.2, 0.25) is 0 Å². The van der Waals surface area contributed by atoms with Crippen LogP contribution < -0.4 is 15.4 Å². The van der Waals surface area contributed by atoms with Gasteiger partial charge < -0.3 is 15.4 Å². The normalized spacial score (nSPS) is 18.5. The largest absolute Gasteiger partial charge is 0.492 e. The maximum atomic E-state index is 13.1. The minimum Gasteiger partial charge on any atom is -0.492 e. The highest BCUT2D eigenvalue weighted by Crippen LogP contribution is 2.33. The first kappa shape index (κ1) is 23.8. The molecule has 4 rings (SSSR count). The van der Waals surface area contributed by atoms with E-state index in [1.165, 1.54) is 43.5 Å². The van der Waals surface area contributed by atoms with E-state index in [4.69, 9.17) is 4.74 Å². The molecule has 7 nitrogen and oxygen atoms in total. The number of amides is 2. The fraction of sp³-hybridized carbons (Fsp3) is 0.385. The number of likely N-dealkylation sites (tertiary alicyclic amines) is 1. The van der Waals surface area contributed by atoms with Crippen LogP contribution in [-0.4, -0.2) is 45.9 Å². The van der Waals surface area contributed by atoms with Gasteiger partial charge >= 0.3 is 6.03 Å². The van der Waals surface area contributed by atoms with E-state index in [1.807, 2.05) is 31.3 Å². The van der Waals surface area contributed by atoms with E-state index in [1.54, 1.807) is 10.9 Å². The predicted molar refractivity (Wildman–Crippen MR) is 133 cm³/mol. The number of ether oxygens (including phenoxy) is 1. The van der Waals surface area contributed by atoms with Gasteiger partial charge in [0, 0.05) is 48.8 Å². The highest BCUT2D eigenvalue weighted by molar-refractivity contribution is 6.00. The topological polar surface area (TPSA) is 71.4 Å². The molecule has 3 aromatic rings. The van der Waals surface area contributed by atoms with Crippen molar-refractivity contribution >= 4 is 17.4 Å². The number of aromatic nitrogens is 2. The van der Waals surface area contributed by atoms with Gasteiger partial charge in [-0.2, -0.15) is 5.10 Å². The number of benzene rings is 2. The summed E-state index contributed by atoms with van der Waals surface area (Å²) in [6, 6.07) is 13.8. The Morgan fingerprint density at radius 1 is 1.06 bits per heavy atom. The zero-order valence-corrected chi connectivity index (χ0v) is 19.9. The number of hydrogen-bond donors (Lipinski definition) is 2. The van der Waals surface area contributed by atoms with Crippen LogP contribution in [0.5, 0.6) is 5.75 Å². The molecule has 0 spiro atoms. The Balaban J connectivity index is 1.47. The number of carbonyl (C=O) groups is 1. The number of hydrogen-bond acceptors (Lipinski definition) is 4. The minimum absolute atomic E-state index is 0.355. The fourth-order valence-corrected chi connectivity index (χ4v) is 4.58. The van der Waals surface area contributed by atoms with E-state index in [-0.39, 0.29) is 5.82 Å². The zero-order chi connectivity index (χ0) is 24.1. The van der Waals surface area contributed by atoms with Crippen LogP contribution >= 0.6 is 0 Å². The molecule has 1 saturated heterocycles. The van der Waals surface area contributed by atoms with Crippen LogP contribution in [0.15, 0.2) is 54.7 Å². The molecule has 1 fully saturated rings. The third kappa shape index (κ3) is 5.75. The second-order valence-electron chi connectivity index (χ2n) is 8.85. The Morgan fingerprint density at radius 3 is 2.41 bits per heavy atom. The number of piperidine rings is 1. The van der Waals surface area contributed by atoms with E-state index >= 15 is 0 Å². The summed E-state index contributed by atoms with van der Waals surface area (Å²) < 4.78 is 21.1. The molecule has 0 unspecified atom stereocenters. The van der Waals surface area contributed by atoms with E-state index < -0.39 is 6.03 Å². The summed E-state index contributed by atoms with van der Waals surface area (Å²) in [6.45, 7) is 6.02. The minimum atomic E-state index is -0.413. The summed E-state index contributed by atoms with van der Waals surface area (Å²) in [6.07, 6.45) is 5.47. The number of nitrogens with one attached hydrogen (secondary N) is 2. The molecule has 2 N–H and O–H groups in total. The molecule has 34 heavy (non-hydrogen) atoms. The number of urea groups is 1. The van der Waals surface area contributed by atoms with Crippen molar-refractivity contribution in [2.75, 3.05) is 23.8 Å². The molecule has 1 aromatic heterocycles. The summed E-state index contributed by atoms with van der Waals surface area (Å²) >= 11 is 0. The van der Waals surface area contributed by atoms with Crippen LogP contribution in [0.2, 0.25) is 0 Å². The van der Waals surface area contributed by atoms with Crippen molar-refractivity contribution in [2.45, 2.75) is 45.2 Å². The smallest absolute Gasteiger partial charge is 0.323 e. The number of nitrogens with zero attached hydrogens (tertiary/aromatic N) is 3. The summed E-state index contributed by atoms with van der Waals surface area (Å²) in [7, 11) is 1.87. The number of anilines is 2. The van der Waals surface area contributed by atoms with Crippen LogP contribution in [0, 0.1) is 5.82 Å². The monoisotopic (exact) mass is 465 g/mol. The van der Waals surface area contributed by atoms with Crippen molar-refractivity contribution < 1.29 is 13.9 Å². The van der Waals surface area contributed by atoms with E-state index in [0.717, 1.165) is 23.6 Å². The standard InChI is InChI=1S/C26H32FN5O2/c1-18-5-4-6-19(2)32(18)15-16-34-25-12-11-22(17-23(25)24-13-14-28-31(24)3)30-26(33)29-21-9-7-20(27)8-10-21/h7-14,17-19H,4-6,15-16H2,1-3H3,(H2,29,30,33)/t18-,19+. The molecule has 8 heteroatoms. The quantitative estimate of drug-likeness (QED) is 0.483. The molecule has 180 valence electrons. The van der Waals surface area contributed by atoms with Gasteiger partial charge in [-0.15, -0.1) is 0 Å². The molecule has 2 amide bonds. The zero-order valence-electron chi connectivity index (χ0n) is 19.9. The van der Waals surface area contributed by atoms with Crippen molar-refractivity contribution in [1.82, 2.24) is 14.7 Å². The van der Waals surface area contributed by atoms with E-state index in [9.17, 15) is 9.18 Å². The van der Waals surface area contributed by atoms with Gasteiger partial charge in [-0.25, -0.2) is 9.18 Å². The molecule has 0 saturated carbocycles. The second-order valence-corrected chi connectivity index (χ2v) is 8.85. The lowest BCUT2D eigenvalue weighted by Crippen LogP contribution is -2.45. The SMILES string of the molecule is C[C@@H]1CCC[C@H](C)N1CCOc1ccc(NC(=O)Nc2ccc(F)cc2)cc1-c1ccnn1C. The Bertz CT molecular complexity index is 1100. The highest BCUT2D eigenvalue weighted by atomic mass is 19.1. The average molecular weight is 466 g/mol. The molecule has 1 aliphatic rings. The van der Waals surface area contributed by atoms with Crippen molar-refractivity contribution in [1.29, 1.82) is 0 Å². The van der Waals surface area contributed by atoms with Gasteiger partial charge in [0.05, 0.1) is 5.69 Å². The molecule has 2 heterocycles. The first-order valence-corrected chi connectivity index (χ1v) is 11.8. The Labute approximate surface area is 199 Å². The van der Waals surface area contributed by atoms with Gasteiger partial charge in [0.1, 0.15) is 18.2 Å². The van der Waals surface area contributed by atoms with Crippen LogP contribution in [0.3, 0.4) is 0 Å². The molecule has 0 bridgehead atoms. The third-order valence-electron chi connectivity index (χ3n) is 6.42. The lowest BCUT2D eigenvalue weighted by atomic mass is 9.98. The van der Waals surface area contributed by atoms with Crippen LogP contribution in [0.1, 0.15) is 33.1 Å². The lowest BCUT2D eigenvalue weighted by molar-refractivity contribution is 0.0852. The van der Waals surface area contributed by atoms with E-state index in [0.29, 0.717) is 30.1 Å². The fourth-order valence-electron chi connectivity index (χ4n) is 4.58. The molecule has 2 atom stereocenters. The second kappa shape index (κ2) is 10.7. The lowest BCUT2D eigenvalue weighted by Gasteiger charge is -2.38. The van der Waals surface area contributed by atoms with E-state index in [2.05, 4.69) is 34.5 Å². The van der Waals surface area contributed by atoms with Crippen LogP contribution in [0.4, 0.5) is 20.6 Å². The van der Waals surface area contributed by atoms with Crippen molar-refractivity contribution in [2.24, 2.45) is 7.05 Å². The van der Waals surface area contributed by atoms with Gasteiger partial charge in [-0.05, 0) is 75.2 Å². The summed E-state index contributed by atoms with van der Waals surface area (Å²) in [5.74, 6) is 0.386. The van der Waals surface area contributed by atoms with Crippen molar-refractivity contribution in [3.8, 4) is 17.0 Å². The maximum absolute atomic E-state index is 13.1. The number of rotatable bonds is 7. The number of aryl methyl sites for hydroxylation is 1. The molecular weight excluding hydrogens is 433 g/mol. The highest BCUT2D eigenvalue weighted by Gasteiger charge is 2.24. The Kier molecular flexibility index (Phi) is 7.47. The molecular formula is C26H32FN5O2. The van der Waals surface area contributed by atoms with Crippen molar-refractivity contribution in [3.63, 3.8) is 0 Å². The maximum Gasteiger partial charge on any atom is 0.323 e. The average Bonchev–Trinajstić information content (AvgIpc) is 3.23. The molecule has 2 aromatic carbocycles. The Morgan fingerprint density at radius 2 is 1.74 bits per heavy atom. The van der Waals surface area contributed by atoms with Gasteiger partial charge in [0.25, 0.3) is 0 Å². The van der Waals surface area contributed by atoms with Crippen LogP contribution in [0.25, 0.3) is 11.3 Å². The summed E-state index contributed by atoms with van der Waals surface area (Å²) in [5, 5.41) is 9.83. The van der Waals surface area contributed by atoms with Gasteiger partial charge in [-0.1, -0.05) is 6.42 Å². The first-order chi connectivity index (χ1) is 16.4. The van der Waals surface area contributed by atoms with Gasteiger partial charge in [-0.3, -0.25) is 9.58 Å². The number of carbonyl (C=O) groups excluding carboxylic acids is 1. The number of halogens is 1. The molecule has 0 aliphatic carbocycles. The molecule has 0 radical (unpaired) electrons. The van der Waals surface area contributed by atoms with Crippen LogP contribution in [-0.2, 0) is 7.05 Å². The summed E-state index contributed by atoms with van der Waals surface area (Å²) in [5.41, 5.74) is 2.85. The van der Waals surface area contributed by atoms with Gasteiger partial charge in [0.15, 0.2) is 0 Å². The predicted octanol–water partition coefficient (Wildman–Crippen LogP) is 5.51. The molecule has 1 aliphatic heterocycles. The summed E-state index contributed by atoms with van der Waals surface area (Å²) in [4.78, 5) is 15.0. The Hall–Kier alpha value is -3.39. The third-order valence-corrected chi connectivity index (χ3v) is 6.42. The first-order valence-electron chi connectivity index (χ1n) is 11.8.